The lowest BCUT2D eigenvalue weighted by Crippen LogP contribution is -2.40. The molecule has 44 heavy (non-hydrogen) atoms. The van der Waals surface area contributed by atoms with Gasteiger partial charge in [0.05, 0.1) is 42.7 Å². The molecular weight excluding hydrogens is 584 g/mol. The van der Waals surface area contributed by atoms with Crippen LogP contribution in [0.5, 0.6) is 23.0 Å². The van der Waals surface area contributed by atoms with Gasteiger partial charge >= 0.3 is 11.9 Å². The summed E-state index contributed by atoms with van der Waals surface area (Å²) in [5.74, 6) is 0.515. The molecular formula is C33H36N2O8S. The number of methoxy groups -OCH3 is 2. The van der Waals surface area contributed by atoms with Crippen molar-refractivity contribution in [3.05, 3.63) is 91.1 Å². The summed E-state index contributed by atoms with van der Waals surface area (Å²) < 4.78 is 29.5. The first-order valence-electron chi connectivity index (χ1n) is 14.2. The van der Waals surface area contributed by atoms with Crippen LogP contribution in [-0.2, 0) is 14.3 Å². The van der Waals surface area contributed by atoms with Gasteiger partial charge in [0, 0.05) is 6.92 Å². The molecule has 1 atom stereocenters. The summed E-state index contributed by atoms with van der Waals surface area (Å²) in [4.78, 5) is 44.0. The number of esters is 2. The highest BCUT2D eigenvalue weighted by Crippen LogP contribution is 2.36. The Kier molecular flexibility index (Phi) is 10.8. The molecule has 3 aromatic rings. The molecule has 0 amide bonds. The molecule has 2 aromatic carbocycles. The Morgan fingerprint density at radius 3 is 2.45 bits per heavy atom. The van der Waals surface area contributed by atoms with Gasteiger partial charge < -0.3 is 23.7 Å². The summed E-state index contributed by atoms with van der Waals surface area (Å²) in [5, 5.41) is 0. The Balaban J connectivity index is 1.83. The van der Waals surface area contributed by atoms with Gasteiger partial charge in [-0.3, -0.25) is 14.2 Å². The van der Waals surface area contributed by atoms with Crippen molar-refractivity contribution in [1.82, 2.24) is 4.57 Å². The van der Waals surface area contributed by atoms with Gasteiger partial charge in [0.15, 0.2) is 27.8 Å². The number of ether oxygens (including phenoxy) is 5. The molecule has 0 aliphatic carbocycles. The monoisotopic (exact) mass is 620 g/mol. The number of allylic oxidation sites excluding steroid dienone is 1. The lowest BCUT2D eigenvalue weighted by molar-refractivity contribution is -0.138. The van der Waals surface area contributed by atoms with Gasteiger partial charge in [-0.1, -0.05) is 55.9 Å². The zero-order valence-corrected chi connectivity index (χ0v) is 26.3. The Morgan fingerprint density at radius 1 is 1.05 bits per heavy atom. The number of nitrogens with zero attached hydrogens (tertiary/aromatic N) is 2. The summed E-state index contributed by atoms with van der Waals surface area (Å²) in [6.07, 6.45) is 6.35. The third-order valence-electron chi connectivity index (χ3n) is 6.82. The second kappa shape index (κ2) is 14.7. The maximum atomic E-state index is 14.0. The van der Waals surface area contributed by atoms with E-state index in [-0.39, 0.29) is 29.2 Å². The van der Waals surface area contributed by atoms with Crippen molar-refractivity contribution in [3.8, 4) is 23.0 Å². The van der Waals surface area contributed by atoms with E-state index < -0.39 is 18.0 Å². The highest BCUT2D eigenvalue weighted by Gasteiger charge is 2.34. The molecule has 11 heteroatoms. The molecule has 0 N–H and O–H groups in total. The fraction of sp³-hybridized carbons (Fsp3) is 0.333. The number of aromatic nitrogens is 1. The van der Waals surface area contributed by atoms with Crippen LogP contribution in [0, 0.1) is 0 Å². The molecule has 0 bridgehead atoms. The third-order valence-corrected chi connectivity index (χ3v) is 7.80. The summed E-state index contributed by atoms with van der Waals surface area (Å²) in [6.45, 7) is 9.31. The number of rotatable bonds is 13. The highest BCUT2D eigenvalue weighted by molar-refractivity contribution is 7.07. The predicted molar refractivity (Wildman–Crippen MR) is 167 cm³/mol. The minimum atomic E-state index is -0.889. The van der Waals surface area contributed by atoms with Crippen molar-refractivity contribution >= 4 is 29.4 Å². The lowest BCUT2D eigenvalue weighted by Gasteiger charge is -2.25. The van der Waals surface area contributed by atoms with E-state index in [1.54, 1.807) is 38.3 Å². The largest absolute Gasteiger partial charge is 0.493 e. The lowest BCUT2D eigenvalue weighted by atomic mass is 9.95. The van der Waals surface area contributed by atoms with Crippen molar-refractivity contribution in [2.45, 2.75) is 46.1 Å². The van der Waals surface area contributed by atoms with Crippen molar-refractivity contribution in [2.24, 2.45) is 4.99 Å². The first-order chi connectivity index (χ1) is 21.2. The summed E-state index contributed by atoms with van der Waals surface area (Å²) in [6, 6.07) is 9.47. The number of fused-ring (bicyclic) bond motifs is 1. The van der Waals surface area contributed by atoms with E-state index in [1.165, 1.54) is 36.0 Å². The van der Waals surface area contributed by atoms with Crippen LogP contribution in [-0.4, -0.2) is 43.9 Å². The van der Waals surface area contributed by atoms with Gasteiger partial charge in [0.2, 0.25) is 0 Å². The third kappa shape index (κ3) is 7.11. The van der Waals surface area contributed by atoms with Crippen molar-refractivity contribution in [2.75, 3.05) is 27.4 Å². The molecule has 1 unspecified atom stereocenters. The van der Waals surface area contributed by atoms with E-state index in [0.29, 0.717) is 38.7 Å². The standard InChI is InChI=1S/C33H36N2O8S/c1-7-9-10-16-41-24-13-11-22(17-26(24)39-5)18-28-31(37)35-30(23-12-14-25(43-21(4)36)27(19-23)40-6)29(32(38)42-15-8-2)20(3)34-33(35)44-28/h8,11-14,17-19,30H,2,7,9-10,15-16H2,1,3-6H3/b28-18-. The number of carbonyl (C=O) groups is 2. The smallest absolute Gasteiger partial charge is 0.338 e. The van der Waals surface area contributed by atoms with E-state index in [4.69, 9.17) is 23.7 Å². The Bertz CT molecular complexity index is 1770. The van der Waals surface area contributed by atoms with Crippen LogP contribution in [0.25, 0.3) is 6.08 Å². The minimum absolute atomic E-state index is 0.0123. The Labute approximate surface area is 259 Å². The van der Waals surface area contributed by atoms with Gasteiger partial charge in [0.25, 0.3) is 5.56 Å². The second-order valence-electron chi connectivity index (χ2n) is 9.94. The van der Waals surface area contributed by atoms with Crippen LogP contribution in [0.4, 0.5) is 0 Å². The van der Waals surface area contributed by atoms with Gasteiger partial charge in [-0.05, 0) is 54.8 Å². The average molecular weight is 621 g/mol. The number of hydrogen-bond donors (Lipinski definition) is 0. The Morgan fingerprint density at radius 2 is 1.77 bits per heavy atom. The van der Waals surface area contributed by atoms with E-state index in [1.807, 2.05) is 18.2 Å². The van der Waals surface area contributed by atoms with Crippen molar-refractivity contribution in [3.63, 3.8) is 0 Å². The number of unbranched alkanes of at least 4 members (excludes halogenated alkanes) is 2. The number of carbonyl (C=O) groups excluding carboxylic acids is 2. The van der Waals surface area contributed by atoms with Gasteiger partial charge in [-0.2, -0.15) is 0 Å². The molecule has 1 aromatic heterocycles. The fourth-order valence-electron chi connectivity index (χ4n) is 4.78. The van der Waals surface area contributed by atoms with E-state index in [0.717, 1.165) is 24.8 Å². The molecule has 1 aliphatic heterocycles. The van der Waals surface area contributed by atoms with Crippen LogP contribution in [0.2, 0.25) is 0 Å². The topological polar surface area (TPSA) is 115 Å². The van der Waals surface area contributed by atoms with E-state index in [2.05, 4.69) is 18.5 Å². The normalized spacial score (nSPS) is 14.4. The van der Waals surface area contributed by atoms with Crippen molar-refractivity contribution < 1.29 is 33.3 Å². The molecule has 0 spiro atoms. The number of benzene rings is 2. The molecule has 0 fully saturated rings. The number of hydrogen-bond acceptors (Lipinski definition) is 10. The molecule has 0 saturated carbocycles. The maximum Gasteiger partial charge on any atom is 0.338 e. The zero-order chi connectivity index (χ0) is 31.8. The molecule has 10 nitrogen and oxygen atoms in total. The zero-order valence-electron chi connectivity index (χ0n) is 25.5. The van der Waals surface area contributed by atoms with Gasteiger partial charge in [0.1, 0.15) is 6.61 Å². The second-order valence-corrected chi connectivity index (χ2v) is 10.9. The minimum Gasteiger partial charge on any atom is -0.493 e. The number of thiazole rings is 1. The van der Waals surface area contributed by atoms with Crippen LogP contribution < -0.4 is 33.8 Å². The summed E-state index contributed by atoms with van der Waals surface area (Å²) in [7, 11) is 3.01. The molecule has 232 valence electrons. The molecule has 1 aliphatic rings. The van der Waals surface area contributed by atoms with Gasteiger partial charge in [-0.15, -0.1) is 0 Å². The molecule has 0 saturated heterocycles. The predicted octanol–water partition coefficient (Wildman–Crippen LogP) is 4.48. The summed E-state index contributed by atoms with van der Waals surface area (Å²) >= 11 is 1.20. The van der Waals surface area contributed by atoms with Crippen LogP contribution in [0.3, 0.4) is 0 Å². The quantitative estimate of drug-likeness (QED) is 0.119. The van der Waals surface area contributed by atoms with E-state index >= 15 is 0 Å². The SMILES string of the molecule is C=CCOC(=O)C1=C(C)N=c2s/c(=C\c3ccc(OCCCCC)c(OC)c3)c(=O)n2C1c1ccc(OC(C)=O)c(OC)c1. The van der Waals surface area contributed by atoms with Gasteiger partial charge in [-0.25, -0.2) is 9.79 Å². The average Bonchev–Trinajstić information content (AvgIpc) is 3.31. The van der Waals surface area contributed by atoms with Crippen LogP contribution >= 0.6 is 11.3 Å². The fourth-order valence-corrected chi connectivity index (χ4v) is 5.83. The van der Waals surface area contributed by atoms with E-state index in [9.17, 15) is 14.4 Å². The highest BCUT2D eigenvalue weighted by atomic mass is 32.1. The maximum absolute atomic E-state index is 14.0. The van der Waals surface area contributed by atoms with Crippen molar-refractivity contribution in [1.29, 1.82) is 0 Å². The molecule has 2 heterocycles. The van der Waals surface area contributed by atoms with Crippen LogP contribution in [0.1, 0.15) is 57.2 Å². The molecule has 0 radical (unpaired) electrons. The Hall–Kier alpha value is -4.64. The first-order valence-corrected chi connectivity index (χ1v) is 15.0. The molecule has 4 rings (SSSR count). The first kappa shape index (κ1) is 32.3. The van der Waals surface area contributed by atoms with Crippen LogP contribution in [0.15, 0.2) is 70.1 Å². The summed E-state index contributed by atoms with van der Waals surface area (Å²) in [5.41, 5.74) is 1.53.